The van der Waals surface area contributed by atoms with E-state index in [4.69, 9.17) is 0 Å². The SMILES string of the molecule is CCCc1cc(C(C)(C)C)c(O)c(Sc2c(C)c(CCC)cc(C(C)(C)C)c2O)c1C. The quantitative estimate of drug-likeness (QED) is 0.472. The van der Waals surface area contributed by atoms with E-state index in [1.54, 1.807) is 0 Å². The van der Waals surface area contributed by atoms with E-state index >= 15 is 0 Å². The number of hydrogen-bond donors (Lipinski definition) is 2. The van der Waals surface area contributed by atoms with Crippen molar-refractivity contribution < 1.29 is 10.2 Å². The smallest absolute Gasteiger partial charge is 0.133 e. The average Bonchev–Trinajstić information content (AvgIpc) is 2.63. The summed E-state index contributed by atoms with van der Waals surface area (Å²) in [6.45, 7) is 21.4. The summed E-state index contributed by atoms with van der Waals surface area (Å²) >= 11 is 1.53. The molecule has 0 saturated carbocycles. The molecule has 0 atom stereocenters. The first-order valence-electron chi connectivity index (χ1n) is 11.6. The Labute approximate surface area is 194 Å². The predicted octanol–water partition coefficient (Wildman–Crippen LogP) is 8.37. The number of phenolic OH excluding ortho intramolecular Hbond substituents is 2. The van der Waals surface area contributed by atoms with Crippen molar-refractivity contribution >= 4 is 11.8 Å². The molecule has 2 rings (SSSR count). The molecule has 0 bridgehead atoms. The number of phenols is 2. The lowest BCUT2D eigenvalue weighted by Crippen LogP contribution is -2.14. The van der Waals surface area contributed by atoms with Gasteiger partial charge in [-0.2, -0.15) is 0 Å². The monoisotopic (exact) mass is 442 g/mol. The van der Waals surface area contributed by atoms with E-state index in [1.807, 2.05) is 0 Å². The highest BCUT2D eigenvalue weighted by Gasteiger charge is 2.28. The van der Waals surface area contributed by atoms with Crippen LogP contribution in [0.3, 0.4) is 0 Å². The second kappa shape index (κ2) is 9.48. The zero-order valence-electron chi connectivity index (χ0n) is 21.3. The molecule has 172 valence electrons. The van der Waals surface area contributed by atoms with Gasteiger partial charge in [0, 0.05) is 11.1 Å². The van der Waals surface area contributed by atoms with Gasteiger partial charge in [0.1, 0.15) is 11.5 Å². The number of aryl methyl sites for hydroxylation is 2. The van der Waals surface area contributed by atoms with Gasteiger partial charge >= 0.3 is 0 Å². The molecule has 3 heteroatoms. The Kier molecular flexibility index (Phi) is 7.85. The molecular formula is C28H42O2S. The highest BCUT2D eigenvalue weighted by Crippen LogP contribution is 2.50. The molecule has 0 aromatic heterocycles. The number of hydrogen-bond acceptors (Lipinski definition) is 3. The van der Waals surface area contributed by atoms with E-state index in [1.165, 1.54) is 22.9 Å². The largest absolute Gasteiger partial charge is 0.506 e. The highest BCUT2D eigenvalue weighted by molar-refractivity contribution is 7.99. The second-order valence-corrected chi connectivity index (χ2v) is 11.9. The van der Waals surface area contributed by atoms with Gasteiger partial charge < -0.3 is 10.2 Å². The van der Waals surface area contributed by atoms with Gasteiger partial charge in [0.2, 0.25) is 0 Å². The lowest BCUT2D eigenvalue weighted by molar-refractivity contribution is 0.430. The third-order valence-corrected chi connectivity index (χ3v) is 7.49. The van der Waals surface area contributed by atoms with Crippen molar-refractivity contribution in [2.45, 2.75) is 116 Å². The number of benzene rings is 2. The van der Waals surface area contributed by atoms with Gasteiger partial charge in [-0.25, -0.2) is 0 Å². The molecule has 0 fully saturated rings. The molecular weight excluding hydrogens is 400 g/mol. The van der Waals surface area contributed by atoms with Gasteiger partial charge in [0.05, 0.1) is 9.79 Å². The van der Waals surface area contributed by atoms with Gasteiger partial charge in [-0.1, -0.05) is 92.1 Å². The van der Waals surface area contributed by atoms with Gasteiger partial charge in [0.15, 0.2) is 0 Å². The minimum atomic E-state index is -0.159. The van der Waals surface area contributed by atoms with Crippen LogP contribution in [0, 0.1) is 13.8 Å². The van der Waals surface area contributed by atoms with Crippen LogP contribution in [0.5, 0.6) is 11.5 Å². The summed E-state index contributed by atoms with van der Waals surface area (Å²) in [5, 5.41) is 22.7. The van der Waals surface area contributed by atoms with E-state index in [-0.39, 0.29) is 10.8 Å². The Morgan fingerprint density at radius 1 is 0.677 bits per heavy atom. The predicted molar refractivity (Wildman–Crippen MR) is 135 cm³/mol. The van der Waals surface area contributed by atoms with E-state index < -0.39 is 0 Å². The third kappa shape index (κ3) is 5.42. The molecule has 2 aromatic carbocycles. The Hall–Kier alpha value is -1.61. The van der Waals surface area contributed by atoms with Gasteiger partial charge in [0.25, 0.3) is 0 Å². The maximum atomic E-state index is 11.3. The lowest BCUT2D eigenvalue weighted by Gasteiger charge is -2.27. The number of aromatic hydroxyl groups is 2. The molecule has 0 aliphatic rings. The van der Waals surface area contributed by atoms with Gasteiger partial charge in [-0.3, -0.25) is 0 Å². The van der Waals surface area contributed by atoms with Crippen molar-refractivity contribution in [2.75, 3.05) is 0 Å². The molecule has 0 amide bonds. The fourth-order valence-corrected chi connectivity index (χ4v) is 5.33. The average molecular weight is 443 g/mol. The van der Waals surface area contributed by atoms with Crippen LogP contribution < -0.4 is 0 Å². The topological polar surface area (TPSA) is 40.5 Å². The Balaban J connectivity index is 2.81. The van der Waals surface area contributed by atoms with Crippen molar-refractivity contribution in [3.05, 3.63) is 45.5 Å². The van der Waals surface area contributed by atoms with Crippen LogP contribution in [0.15, 0.2) is 21.9 Å². The second-order valence-electron chi connectivity index (χ2n) is 10.9. The summed E-state index contributed by atoms with van der Waals surface area (Å²) in [4.78, 5) is 1.76. The van der Waals surface area contributed by atoms with Crippen LogP contribution in [-0.2, 0) is 23.7 Å². The lowest BCUT2D eigenvalue weighted by atomic mass is 9.83. The van der Waals surface area contributed by atoms with E-state index in [0.29, 0.717) is 11.5 Å². The summed E-state index contributed by atoms with van der Waals surface area (Å²) in [7, 11) is 0. The number of rotatable bonds is 6. The van der Waals surface area contributed by atoms with Crippen LogP contribution in [0.25, 0.3) is 0 Å². The maximum Gasteiger partial charge on any atom is 0.133 e. The zero-order valence-corrected chi connectivity index (χ0v) is 22.1. The molecule has 0 saturated heterocycles. The van der Waals surface area contributed by atoms with Crippen molar-refractivity contribution in [1.82, 2.24) is 0 Å². The Morgan fingerprint density at radius 3 is 1.26 bits per heavy atom. The fraction of sp³-hybridized carbons (Fsp3) is 0.571. The van der Waals surface area contributed by atoms with E-state index in [0.717, 1.165) is 57.7 Å². The molecule has 2 aromatic rings. The molecule has 0 unspecified atom stereocenters. The normalized spacial score (nSPS) is 12.5. The first kappa shape index (κ1) is 25.6. The summed E-state index contributed by atoms with van der Waals surface area (Å²) in [5.74, 6) is 0.707. The molecule has 2 N–H and O–H groups in total. The van der Waals surface area contributed by atoms with E-state index in [9.17, 15) is 10.2 Å². The van der Waals surface area contributed by atoms with Crippen molar-refractivity contribution in [3.63, 3.8) is 0 Å². The van der Waals surface area contributed by atoms with Crippen LogP contribution in [-0.4, -0.2) is 10.2 Å². The van der Waals surface area contributed by atoms with Crippen LogP contribution >= 0.6 is 11.8 Å². The summed E-state index contributed by atoms with van der Waals surface area (Å²) < 4.78 is 0. The van der Waals surface area contributed by atoms with E-state index in [2.05, 4.69) is 81.4 Å². The molecule has 0 heterocycles. The molecule has 0 aliphatic carbocycles. The van der Waals surface area contributed by atoms with Crippen LogP contribution in [0.4, 0.5) is 0 Å². The standard InChI is InChI=1S/C28H42O2S/c1-11-13-19-15-21(27(5,6)7)23(29)25(17(19)3)31-26-18(4)20(14-12-2)16-22(24(26)30)28(8,9)10/h15-16,29-30H,11-14H2,1-10H3. The van der Waals surface area contributed by atoms with Gasteiger partial charge in [-0.15, -0.1) is 0 Å². The van der Waals surface area contributed by atoms with Crippen LogP contribution in [0.1, 0.15) is 102 Å². The molecule has 0 aliphatic heterocycles. The maximum absolute atomic E-state index is 11.3. The van der Waals surface area contributed by atoms with Crippen molar-refractivity contribution in [1.29, 1.82) is 0 Å². The minimum absolute atomic E-state index is 0.159. The first-order valence-corrected chi connectivity index (χ1v) is 12.4. The third-order valence-electron chi connectivity index (χ3n) is 6.08. The molecule has 0 radical (unpaired) electrons. The van der Waals surface area contributed by atoms with Crippen molar-refractivity contribution in [2.24, 2.45) is 0 Å². The summed E-state index contributed by atoms with van der Waals surface area (Å²) in [6.07, 6.45) is 4.08. The molecule has 0 spiro atoms. The zero-order chi connectivity index (χ0) is 23.7. The summed E-state index contributed by atoms with van der Waals surface area (Å²) in [5.41, 5.74) is 6.43. The van der Waals surface area contributed by atoms with Crippen LogP contribution in [0.2, 0.25) is 0 Å². The van der Waals surface area contributed by atoms with Crippen molar-refractivity contribution in [3.8, 4) is 11.5 Å². The molecule has 31 heavy (non-hydrogen) atoms. The Bertz CT molecular complexity index is 866. The first-order chi connectivity index (χ1) is 14.2. The minimum Gasteiger partial charge on any atom is -0.506 e. The highest BCUT2D eigenvalue weighted by atomic mass is 32.2. The van der Waals surface area contributed by atoms with Gasteiger partial charge in [-0.05, 0) is 59.8 Å². The molecule has 2 nitrogen and oxygen atoms in total. The fourth-order valence-electron chi connectivity index (χ4n) is 4.15. The summed E-state index contributed by atoms with van der Waals surface area (Å²) in [6, 6.07) is 4.36. The Morgan fingerprint density at radius 2 is 1.00 bits per heavy atom.